The number of nitrogens with zero attached hydrogens (tertiary/aromatic N) is 1. The molecule has 0 amide bonds. The van der Waals surface area contributed by atoms with E-state index in [0.29, 0.717) is 6.54 Å². The molecule has 1 aliphatic heterocycles. The molecule has 0 saturated carbocycles. The number of nitro benzene ring substituents is 1. The lowest BCUT2D eigenvalue weighted by atomic mass is 9.89. The number of nitrogens with one attached hydrogen (secondary N) is 2. The van der Waals surface area contributed by atoms with Gasteiger partial charge >= 0.3 is 0 Å². The highest BCUT2D eigenvalue weighted by molar-refractivity contribution is 7.89. The van der Waals surface area contributed by atoms with E-state index in [9.17, 15) is 18.5 Å². The summed E-state index contributed by atoms with van der Waals surface area (Å²) < 4.78 is 27.1. The van der Waals surface area contributed by atoms with E-state index >= 15 is 0 Å². The van der Waals surface area contributed by atoms with Crippen LogP contribution in [0.25, 0.3) is 0 Å². The summed E-state index contributed by atoms with van der Waals surface area (Å²) in [5.41, 5.74) is -0.305. The number of non-ortho nitro benzene ring substituents is 1. The maximum atomic E-state index is 12.2. The van der Waals surface area contributed by atoms with Crippen LogP contribution in [0.5, 0.6) is 0 Å². The zero-order valence-corrected chi connectivity index (χ0v) is 12.1. The first-order chi connectivity index (χ1) is 9.22. The lowest BCUT2D eigenvalue weighted by Crippen LogP contribution is -2.44. The first-order valence-electron chi connectivity index (χ1n) is 6.20. The fourth-order valence-electron chi connectivity index (χ4n) is 2.14. The molecule has 0 bridgehead atoms. The van der Waals surface area contributed by atoms with E-state index in [-0.39, 0.29) is 22.0 Å². The molecule has 2 rings (SSSR count). The van der Waals surface area contributed by atoms with Gasteiger partial charge in [-0.25, -0.2) is 13.1 Å². The number of hydrogen-bond acceptors (Lipinski definition) is 5. The van der Waals surface area contributed by atoms with Gasteiger partial charge in [0.2, 0.25) is 10.0 Å². The van der Waals surface area contributed by atoms with Gasteiger partial charge in [0.15, 0.2) is 0 Å². The number of nitro groups is 1. The lowest BCUT2D eigenvalue weighted by molar-refractivity contribution is -0.384. The second-order valence-electron chi connectivity index (χ2n) is 5.54. The molecule has 1 aromatic carbocycles. The van der Waals surface area contributed by atoms with Gasteiger partial charge in [-0.05, 0) is 17.5 Å². The van der Waals surface area contributed by atoms with Crippen molar-refractivity contribution in [3.05, 3.63) is 34.4 Å². The minimum atomic E-state index is -3.67. The molecule has 0 spiro atoms. The predicted octanol–water partition coefficient (Wildman–Crippen LogP) is 0.871. The Morgan fingerprint density at radius 1 is 1.35 bits per heavy atom. The summed E-state index contributed by atoms with van der Waals surface area (Å²) in [5, 5.41) is 13.7. The fraction of sp³-hybridized carbons (Fsp3) is 0.500. The van der Waals surface area contributed by atoms with Crippen molar-refractivity contribution in [1.82, 2.24) is 10.0 Å². The number of sulfonamides is 1. The normalized spacial score (nSPS) is 21.8. The van der Waals surface area contributed by atoms with E-state index in [1.807, 2.05) is 13.8 Å². The number of rotatable bonds is 4. The Morgan fingerprint density at radius 2 is 1.95 bits per heavy atom. The van der Waals surface area contributed by atoms with Gasteiger partial charge in [0.25, 0.3) is 5.69 Å². The summed E-state index contributed by atoms with van der Waals surface area (Å²) in [6, 6.07) is 4.66. The molecule has 1 saturated heterocycles. The van der Waals surface area contributed by atoms with Crippen molar-refractivity contribution >= 4 is 15.7 Å². The summed E-state index contributed by atoms with van der Waals surface area (Å²) >= 11 is 0. The van der Waals surface area contributed by atoms with Crippen LogP contribution in [0.3, 0.4) is 0 Å². The van der Waals surface area contributed by atoms with E-state index in [0.717, 1.165) is 6.54 Å². The molecule has 0 aromatic heterocycles. The Hall–Kier alpha value is -1.51. The summed E-state index contributed by atoms with van der Waals surface area (Å²) in [6.45, 7) is 5.27. The predicted molar refractivity (Wildman–Crippen MR) is 73.9 cm³/mol. The molecule has 1 fully saturated rings. The molecule has 8 heteroatoms. The molecule has 2 N–H and O–H groups in total. The first kappa shape index (κ1) is 14.9. The van der Waals surface area contributed by atoms with Gasteiger partial charge in [-0.15, -0.1) is 0 Å². The van der Waals surface area contributed by atoms with Crippen molar-refractivity contribution in [3.63, 3.8) is 0 Å². The third kappa shape index (κ3) is 2.97. The standard InChI is InChI=1S/C12H17N3O4S/c1-12(2)8-13-7-11(12)14-20(18,19)10-5-3-9(4-6-10)15(16)17/h3-6,11,13-14H,7-8H2,1-2H3. The van der Waals surface area contributed by atoms with Gasteiger partial charge in [0.05, 0.1) is 9.82 Å². The summed E-state index contributed by atoms with van der Waals surface area (Å²) in [5.74, 6) is 0. The molecule has 1 unspecified atom stereocenters. The zero-order chi connectivity index (χ0) is 15.0. The molecule has 1 aromatic rings. The highest BCUT2D eigenvalue weighted by Gasteiger charge is 2.37. The van der Waals surface area contributed by atoms with E-state index < -0.39 is 14.9 Å². The van der Waals surface area contributed by atoms with E-state index in [2.05, 4.69) is 10.0 Å². The molecule has 1 atom stereocenters. The summed E-state index contributed by atoms with van der Waals surface area (Å²) in [6.07, 6.45) is 0. The minimum Gasteiger partial charge on any atom is -0.315 e. The van der Waals surface area contributed by atoms with Crippen LogP contribution in [-0.2, 0) is 10.0 Å². The highest BCUT2D eigenvalue weighted by atomic mass is 32.2. The Kier molecular flexibility index (Phi) is 3.81. The maximum Gasteiger partial charge on any atom is 0.269 e. The quantitative estimate of drug-likeness (QED) is 0.634. The van der Waals surface area contributed by atoms with Gasteiger partial charge in [0, 0.05) is 31.3 Å². The van der Waals surface area contributed by atoms with Crippen molar-refractivity contribution in [1.29, 1.82) is 0 Å². The van der Waals surface area contributed by atoms with Gasteiger partial charge in [-0.3, -0.25) is 10.1 Å². The van der Waals surface area contributed by atoms with Crippen molar-refractivity contribution in [2.75, 3.05) is 13.1 Å². The maximum absolute atomic E-state index is 12.2. The molecule has 0 aliphatic carbocycles. The average Bonchev–Trinajstić information content (AvgIpc) is 2.68. The molecular formula is C12H17N3O4S. The molecule has 110 valence electrons. The summed E-state index contributed by atoms with van der Waals surface area (Å²) in [4.78, 5) is 10.0. The largest absolute Gasteiger partial charge is 0.315 e. The van der Waals surface area contributed by atoms with Gasteiger partial charge < -0.3 is 5.32 Å². The van der Waals surface area contributed by atoms with Crippen LogP contribution in [-0.4, -0.2) is 32.5 Å². The molecule has 20 heavy (non-hydrogen) atoms. The number of hydrogen-bond donors (Lipinski definition) is 2. The third-order valence-corrected chi connectivity index (χ3v) is 5.02. The van der Waals surface area contributed by atoms with Crippen LogP contribution in [0.15, 0.2) is 29.2 Å². The Labute approximate surface area is 117 Å². The molecular weight excluding hydrogens is 282 g/mol. The zero-order valence-electron chi connectivity index (χ0n) is 11.3. The Morgan fingerprint density at radius 3 is 2.40 bits per heavy atom. The van der Waals surface area contributed by atoms with Crippen LogP contribution in [0.4, 0.5) is 5.69 Å². The van der Waals surface area contributed by atoms with Gasteiger partial charge in [-0.2, -0.15) is 0 Å². The minimum absolute atomic E-state index is 0.0331. The SMILES string of the molecule is CC1(C)CNCC1NS(=O)(=O)c1ccc([N+](=O)[O-])cc1. The first-order valence-corrected chi connectivity index (χ1v) is 7.68. The van der Waals surface area contributed by atoms with Crippen LogP contribution in [0.2, 0.25) is 0 Å². The van der Waals surface area contributed by atoms with E-state index in [4.69, 9.17) is 0 Å². The highest BCUT2D eigenvalue weighted by Crippen LogP contribution is 2.25. The molecule has 0 radical (unpaired) electrons. The van der Waals surface area contributed by atoms with Gasteiger partial charge in [0.1, 0.15) is 0 Å². The van der Waals surface area contributed by atoms with Crippen molar-refractivity contribution in [2.24, 2.45) is 5.41 Å². The second kappa shape index (κ2) is 5.12. The molecule has 7 nitrogen and oxygen atoms in total. The van der Waals surface area contributed by atoms with Gasteiger partial charge in [-0.1, -0.05) is 13.8 Å². The van der Waals surface area contributed by atoms with Crippen molar-refractivity contribution in [2.45, 2.75) is 24.8 Å². The lowest BCUT2D eigenvalue weighted by Gasteiger charge is -2.26. The third-order valence-electron chi connectivity index (χ3n) is 3.53. The van der Waals surface area contributed by atoms with Crippen molar-refractivity contribution < 1.29 is 13.3 Å². The van der Waals surface area contributed by atoms with E-state index in [1.54, 1.807) is 0 Å². The fourth-order valence-corrected chi connectivity index (χ4v) is 3.55. The molecule has 1 aliphatic rings. The Balaban J connectivity index is 2.20. The van der Waals surface area contributed by atoms with Crippen LogP contribution in [0.1, 0.15) is 13.8 Å². The topological polar surface area (TPSA) is 101 Å². The van der Waals surface area contributed by atoms with E-state index in [1.165, 1.54) is 24.3 Å². The smallest absolute Gasteiger partial charge is 0.269 e. The van der Waals surface area contributed by atoms with Crippen LogP contribution in [0, 0.1) is 15.5 Å². The average molecular weight is 299 g/mol. The monoisotopic (exact) mass is 299 g/mol. The van der Waals surface area contributed by atoms with Crippen LogP contribution < -0.4 is 10.0 Å². The summed E-state index contributed by atoms with van der Waals surface area (Å²) in [7, 11) is -3.67. The van der Waals surface area contributed by atoms with Crippen LogP contribution >= 0.6 is 0 Å². The second-order valence-corrected chi connectivity index (χ2v) is 7.26. The Bertz CT molecular complexity index is 610. The van der Waals surface area contributed by atoms with Crippen molar-refractivity contribution in [3.8, 4) is 0 Å². The number of benzene rings is 1. The molecule has 1 heterocycles.